The summed E-state index contributed by atoms with van der Waals surface area (Å²) in [6.07, 6.45) is -0.0304. The van der Waals surface area contributed by atoms with E-state index in [9.17, 15) is 4.79 Å². The Morgan fingerprint density at radius 2 is 2.37 bits per heavy atom. The molecule has 0 spiro atoms. The van der Waals surface area contributed by atoms with E-state index >= 15 is 0 Å². The zero-order chi connectivity index (χ0) is 13.4. The van der Waals surface area contributed by atoms with E-state index in [0.29, 0.717) is 22.3 Å². The molecule has 3 rings (SSSR count). The van der Waals surface area contributed by atoms with Crippen LogP contribution in [0.15, 0.2) is 18.2 Å². The Balaban J connectivity index is 1.70. The van der Waals surface area contributed by atoms with E-state index in [2.05, 4.69) is 15.5 Å². The maximum absolute atomic E-state index is 12.0. The van der Waals surface area contributed by atoms with Crippen LogP contribution < -0.4 is 10.1 Å². The van der Waals surface area contributed by atoms with Gasteiger partial charge in [-0.1, -0.05) is 22.9 Å². The van der Waals surface area contributed by atoms with Gasteiger partial charge < -0.3 is 4.74 Å². The Hall–Kier alpha value is -1.66. The molecule has 1 aromatic heterocycles. The Labute approximate surface area is 118 Å². The molecule has 19 heavy (non-hydrogen) atoms. The molecule has 1 amide bonds. The molecule has 2 heterocycles. The molecule has 1 N–H and O–H groups in total. The van der Waals surface area contributed by atoms with Gasteiger partial charge in [0, 0.05) is 11.4 Å². The summed E-state index contributed by atoms with van der Waals surface area (Å²) < 4.78 is 5.59. The summed E-state index contributed by atoms with van der Waals surface area (Å²) >= 11 is 7.24. The number of aryl methyl sites for hydroxylation is 1. The largest absolute Gasteiger partial charge is 0.480 e. The highest BCUT2D eigenvalue weighted by atomic mass is 35.5. The molecule has 0 fully saturated rings. The van der Waals surface area contributed by atoms with Crippen molar-refractivity contribution in [3.63, 3.8) is 0 Å². The molecule has 1 aromatic carbocycles. The Kier molecular flexibility index (Phi) is 3.12. The third kappa shape index (κ3) is 2.54. The summed E-state index contributed by atoms with van der Waals surface area (Å²) in [5, 5.41) is 12.3. The summed E-state index contributed by atoms with van der Waals surface area (Å²) in [5.74, 6) is 0.487. The Bertz CT molecular complexity index is 644. The second kappa shape index (κ2) is 4.79. The van der Waals surface area contributed by atoms with Crippen molar-refractivity contribution in [2.24, 2.45) is 0 Å². The molecule has 1 aliphatic rings. The van der Waals surface area contributed by atoms with Crippen molar-refractivity contribution in [1.82, 2.24) is 10.2 Å². The molecule has 7 heteroatoms. The van der Waals surface area contributed by atoms with Gasteiger partial charge in [0.2, 0.25) is 5.13 Å². The number of hydrogen-bond donors (Lipinski definition) is 1. The standard InChI is InChI=1S/C12H10ClN3O2S/c1-6-15-16-12(19-6)14-11(17)10-5-7-4-8(13)2-3-9(7)18-10/h2-4,10H,5H2,1H3,(H,14,16,17)/t10-/m1/s1. The molecular weight excluding hydrogens is 286 g/mol. The Morgan fingerprint density at radius 3 is 3.11 bits per heavy atom. The number of nitrogens with one attached hydrogen (secondary N) is 1. The number of carbonyl (C=O) groups excluding carboxylic acids is 1. The molecule has 0 saturated heterocycles. The molecule has 98 valence electrons. The fraction of sp³-hybridized carbons (Fsp3) is 0.250. The van der Waals surface area contributed by atoms with Crippen LogP contribution in [0, 0.1) is 6.92 Å². The van der Waals surface area contributed by atoms with Crippen LogP contribution in [0.4, 0.5) is 5.13 Å². The molecule has 0 radical (unpaired) electrons. The molecule has 2 aromatic rings. The molecule has 1 aliphatic heterocycles. The number of ether oxygens (including phenoxy) is 1. The number of nitrogens with zero attached hydrogens (tertiary/aromatic N) is 2. The first-order valence-electron chi connectivity index (χ1n) is 5.68. The minimum absolute atomic E-state index is 0.219. The highest BCUT2D eigenvalue weighted by molar-refractivity contribution is 7.15. The van der Waals surface area contributed by atoms with Gasteiger partial charge in [0.1, 0.15) is 10.8 Å². The van der Waals surface area contributed by atoms with Crippen LogP contribution in [0.3, 0.4) is 0 Å². The number of halogens is 1. The number of fused-ring (bicyclic) bond motifs is 1. The minimum atomic E-state index is -0.544. The van der Waals surface area contributed by atoms with Gasteiger partial charge in [-0.05, 0) is 30.7 Å². The third-order valence-corrected chi connectivity index (χ3v) is 3.73. The number of carbonyl (C=O) groups is 1. The van der Waals surface area contributed by atoms with Gasteiger partial charge in [0.25, 0.3) is 5.91 Å². The van der Waals surface area contributed by atoms with E-state index in [1.165, 1.54) is 11.3 Å². The van der Waals surface area contributed by atoms with Gasteiger partial charge in [-0.15, -0.1) is 10.2 Å². The van der Waals surface area contributed by atoms with Gasteiger partial charge in [0.05, 0.1) is 0 Å². The van der Waals surface area contributed by atoms with Gasteiger partial charge >= 0.3 is 0 Å². The lowest BCUT2D eigenvalue weighted by atomic mass is 10.1. The minimum Gasteiger partial charge on any atom is -0.480 e. The van der Waals surface area contributed by atoms with Crippen molar-refractivity contribution in [1.29, 1.82) is 0 Å². The highest BCUT2D eigenvalue weighted by Crippen LogP contribution is 2.31. The number of rotatable bonds is 2. The molecule has 0 saturated carbocycles. The van der Waals surface area contributed by atoms with Gasteiger partial charge in [-0.3, -0.25) is 10.1 Å². The molecule has 1 atom stereocenters. The lowest BCUT2D eigenvalue weighted by Gasteiger charge is -2.08. The number of hydrogen-bond acceptors (Lipinski definition) is 5. The summed E-state index contributed by atoms with van der Waals surface area (Å²) in [7, 11) is 0. The van der Waals surface area contributed by atoms with Crippen molar-refractivity contribution in [2.45, 2.75) is 19.4 Å². The van der Waals surface area contributed by atoms with Crippen molar-refractivity contribution >= 4 is 34.0 Å². The Morgan fingerprint density at radius 1 is 1.53 bits per heavy atom. The first kappa shape index (κ1) is 12.4. The van der Waals surface area contributed by atoms with Crippen LogP contribution in [0.5, 0.6) is 5.75 Å². The summed E-state index contributed by atoms with van der Waals surface area (Å²) in [6.45, 7) is 1.83. The van der Waals surface area contributed by atoms with Crippen LogP contribution >= 0.6 is 22.9 Å². The normalized spacial score (nSPS) is 16.8. The van der Waals surface area contributed by atoms with Gasteiger partial charge in [-0.2, -0.15) is 0 Å². The molecule has 5 nitrogen and oxygen atoms in total. The lowest BCUT2D eigenvalue weighted by molar-refractivity contribution is -0.122. The van der Waals surface area contributed by atoms with Gasteiger partial charge in [-0.25, -0.2) is 0 Å². The van der Waals surface area contributed by atoms with Crippen LogP contribution in [-0.2, 0) is 11.2 Å². The monoisotopic (exact) mass is 295 g/mol. The van der Waals surface area contributed by atoms with Crippen LogP contribution in [0.25, 0.3) is 0 Å². The average molecular weight is 296 g/mol. The fourth-order valence-corrected chi connectivity index (χ4v) is 2.69. The zero-order valence-corrected chi connectivity index (χ0v) is 11.6. The van der Waals surface area contributed by atoms with E-state index < -0.39 is 6.10 Å². The maximum atomic E-state index is 12.0. The van der Waals surface area contributed by atoms with Crippen LogP contribution in [-0.4, -0.2) is 22.2 Å². The second-order valence-corrected chi connectivity index (χ2v) is 5.80. The predicted molar refractivity (Wildman–Crippen MR) is 72.8 cm³/mol. The van der Waals surface area contributed by atoms with E-state index in [-0.39, 0.29) is 5.91 Å². The topological polar surface area (TPSA) is 64.1 Å². The van der Waals surface area contributed by atoms with Gasteiger partial charge in [0.15, 0.2) is 6.10 Å². The van der Waals surface area contributed by atoms with E-state index in [4.69, 9.17) is 16.3 Å². The zero-order valence-electron chi connectivity index (χ0n) is 10.0. The van der Waals surface area contributed by atoms with Crippen molar-refractivity contribution in [3.05, 3.63) is 33.8 Å². The smallest absolute Gasteiger partial charge is 0.267 e. The number of aromatic nitrogens is 2. The predicted octanol–water partition coefficient (Wildman–Crippen LogP) is 2.44. The lowest BCUT2D eigenvalue weighted by Crippen LogP contribution is -2.31. The first-order valence-corrected chi connectivity index (χ1v) is 6.87. The number of anilines is 1. The van der Waals surface area contributed by atoms with Crippen molar-refractivity contribution < 1.29 is 9.53 Å². The summed E-state index contributed by atoms with van der Waals surface area (Å²) in [6, 6.07) is 5.34. The number of amides is 1. The van der Waals surface area contributed by atoms with Crippen LogP contribution in [0.2, 0.25) is 5.02 Å². The number of benzene rings is 1. The van der Waals surface area contributed by atoms with Crippen molar-refractivity contribution in [2.75, 3.05) is 5.32 Å². The first-order chi connectivity index (χ1) is 9.11. The highest BCUT2D eigenvalue weighted by Gasteiger charge is 2.29. The maximum Gasteiger partial charge on any atom is 0.267 e. The fourth-order valence-electron chi connectivity index (χ4n) is 1.90. The molecule has 0 unspecified atom stereocenters. The SMILES string of the molecule is Cc1nnc(NC(=O)[C@H]2Cc3cc(Cl)ccc3O2)s1. The third-order valence-electron chi connectivity index (χ3n) is 2.75. The summed E-state index contributed by atoms with van der Waals surface area (Å²) in [5.41, 5.74) is 0.945. The van der Waals surface area contributed by atoms with E-state index in [0.717, 1.165) is 10.6 Å². The van der Waals surface area contributed by atoms with E-state index in [1.54, 1.807) is 12.1 Å². The van der Waals surface area contributed by atoms with Crippen molar-refractivity contribution in [3.8, 4) is 5.75 Å². The average Bonchev–Trinajstić information content (AvgIpc) is 2.95. The van der Waals surface area contributed by atoms with E-state index in [1.807, 2.05) is 13.0 Å². The summed E-state index contributed by atoms with van der Waals surface area (Å²) in [4.78, 5) is 12.0. The molecule has 0 aliphatic carbocycles. The van der Waals surface area contributed by atoms with Crippen LogP contribution in [0.1, 0.15) is 10.6 Å². The second-order valence-electron chi connectivity index (χ2n) is 4.18. The quantitative estimate of drug-likeness (QED) is 0.924. The molecular formula is C12H10ClN3O2S. The molecule has 0 bridgehead atoms.